The zero-order chi connectivity index (χ0) is 13.5. The molecule has 1 amide bonds. The Bertz CT molecular complexity index is 371. The summed E-state index contributed by atoms with van der Waals surface area (Å²) in [5.41, 5.74) is 2.10. The number of carbonyl (C=O) groups is 1. The van der Waals surface area contributed by atoms with Crippen LogP contribution in [-0.4, -0.2) is 12.5 Å². The summed E-state index contributed by atoms with van der Waals surface area (Å²) >= 11 is 0. The average molecular weight is 248 g/mol. The summed E-state index contributed by atoms with van der Waals surface area (Å²) in [5.74, 6) is 0.0646. The van der Waals surface area contributed by atoms with Crippen LogP contribution in [0.3, 0.4) is 0 Å². The minimum atomic E-state index is 0.00909. The summed E-state index contributed by atoms with van der Waals surface area (Å²) in [6.45, 7) is 9.11. The summed E-state index contributed by atoms with van der Waals surface area (Å²) in [5, 5.41) is 6.33. The molecule has 1 rings (SSSR count). The molecule has 100 valence electrons. The molecule has 0 saturated heterocycles. The van der Waals surface area contributed by atoms with Gasteiger partial charge in [-0.1, -0.05) is 32.9 Å². The second-order valence-electron chi connectivity index (χ2n) is 4.94. The molecule has 0 radical (unpaired) electrons. The number of carbonyl (C=O) groups excluding carboxylic acids is 1. The number of hydrogen-bond donors (Lipinski definition) is 2. The van der Waals surface area contributed by atoms with Crippen LogP contribution in [-0.2, 0) is 4.79 Å². The number of amides is 1. The highest BCUT2D eigenvalue weighted by atomic mass is 16.1. The average Bonchev–Trinajstić information content (AvgIpc) is 2.36. The zero-order valence-electron chi connectivity index (χ0n) is 11.8. The van der Waals surface area contributed by atoms with Crippen LogP contribution in [0.5, 0.6) is 0 Å². The summed E-state index contributed by atoms with van der Waals surface area (Å²) in [6, 6.07) is 8.38. The normalized spacial score (nSPS) is 12.5. The Morgan fingerprint density at radius 2 is 1.78 bits per heavy atom. The second kappa shape index (κ2) is 7.17. The topological polar surface area (TPSA) is 41.1 Å². The fourth-order valence-electron chi connectivity index (χ4n) is 1.62. The molecule has 0 aromatic heterocycles. The monoisotopic (exact) mass is 248 g/mol. The number of anilines is 1. The van der Waals surface area contributed by atoms with E-state index in [1.807, 2.05) is 26.0 Å². The first-order valence-corrected chi connectivity index (χ1v) is 6.68. The van der Waals surface area contributed by atoms with E-state index in [0.717, 1.165) is 18.7 Å². The molecular weight excluding hydrogens is 224 g/mol. The van der Waals surface area contributed by atoms with E-state index in [0.29, 0.717) is 6.04 Å². The first-order valence-electron chi connectivity index (χ1n) is 6.68. The highest BCUT2D eigenvalue weighted by Gasteiger charge is 2.08. The molecule has 0 spiro atoms. The van der Waals surface area contributed by atoms with Gasteiger partial charge >= 0.3 is 0 Å². The number of benzene rings is 1. The lowest BCUT2D eigenvalue weighted by Gasteiger charge is -2.14. The molecule has 18 heavy (non-hydrogen) atoms. The fraction of sp³-hybridized carbons (Fsp3) is 0.533. The van der Waals surface area contributed by atoms with Gasteiger partial charge in [0.05, 0.1) is 0 Å². The van der Waals surface area contributed by atoms with E-state index < -0.39 is 0 Å². The van der Waals surface area contributed by atoms with Crippen LogP contribution in [0.1, 0.15) is 45.7 Å². The molecule has 0 aliphatic carbocycles. The fourth-order valence-corrected chi connectivity index (χ4v) is 1.62. The van der Waals surface area contributed by atoms with E-state index in [1.54, 1.807) is 0 Å². The summed E-state index contributed by atoms with van der Waals surface area (Å²) in [7, 11) is 0. The number of hydrogen-bond acceptors (Lipinski definition) is 2. The van der Waals surface area contributed by atoms with Gasteiger partial charge in [0.15, 0.2) is 0 Å². The highest BCUT2D eigenvalue weighted by Crippen LogP contribution is 2.16. The molecule has 1 atom stereocenters. The van der Waals surface area contributed by atoms with Gasteiger partial charge in [-0.2, -0.15) is 0 Å². The standard InChI is InChI=1S/C15H24N2O/c1-5-10-16-12(4)13-6-8-14(9-7-13)17-15(18)11(2)3/h6-9,11-12,16H,5,10H2,1-4H3,(H,17,18). The van der Waals surface area contributed by atoms with Gasteiger partial charge < -0.3 is 10.6 Å². The van der Waals surface area contributed by atoms with Crippen molar-refractivity contribution in [1.82, 2.24) is 5.32 Å². The Morgan fingerprint density at radius 1 is 1.17 bits per heavy atom. The highest BCUT2D eigenvalue weighted by molar-refractivity contribution is 5.92. The Balaban J connectivity index is 2.59. The van der Waals surface area contributed by atoms with Gasteiger partial charge in [-0.3, -0.25) is 4.79 Å². The predicted octanol–water partition coefficient (Wildman–Crippen LogP) is 3.34. The van der Waals surface area contributed by atoms with Crippen LogP contribution < -0.4 is 10.6 Å². The molecule has 0 aliphatic rings. The minimum absolute atomic E-state index is 0.00909. The van der Waals surface area contributed by atoms with Gasteiger partial charge in [0.25, 0.3) is 0 Å². The van der Waals surface area contributed by atoms with Crippen LogP contribution in [0, 0.1) is 5.92 Å². The third-order valence-corrected chi connectivity index (χ3v) is 2.90. The largest absolute Gasteiger partial charge is 0.326 e. The molecule has 1 unspecified atom stereocenters. The van der Waals surface area contributed by atoms with Gasteiger partial charge in [0.2, 0.25) is 5.91 Å². The third kappa shape index (κ3) is 4.49. The minimum Gasteiger partial charge on any atom is -0.326 e. The van der Waals surface area contributed by atoms with E-state index >= 15 is 0 Å². The van der Waals surface area contributed by atoms with Crippen molar-refractivity contribution >= 4 is 11.6 Å². The van der Waals surface area contributed by atoms with Gasteiger partial charge in [0, 0.05) is 17.6 Å². The smallest absolute Gasteiger partial charge is 0.226 e. The van der Waals surface area contributed by atoms with Crippen molar-refractivity contribution in [2.75, 3.05) is 11.9 Å². The molecule has 3 nitrogen and oxygen atoms in total. The lowest BCUT2D eigenvalue weighted by molar-refractivity contribution is -0.118. The maximum Gasteiger partial charge on any atom is 0.226 e. The summed E-state index contributed by atoms with van der Waals surface area (Å²) in [4.78, 5) is 11.5. The maximum absolute atomic E-state index is 11.5. The predicted molar refractivity (Wildman–Crippen MR) is 76.6 cm³/mol. The van der Waals surface area contributed by atoms with E-state index in [2.05, 4.69) is 36.6 Å². The Morgan fingerprint density at radius 3 is 2.28 bits per heavy atom. The van der Waals surface area contributed by atoms with E-state index in [-0.39, 0.29) is 11.8 Å². The summed E-state index contributed by atoms with van der Waals surface area (Å²) < 4.78 is 0. The quantitative estimate of drug-likeness (QED) is 0.810. The molecule has 0 heterocycles. The van der Waals surface area contributed by atoms with Gasteiger partial charge in [0.1, 0.15) is 0 Å². The lowest BCUT2D eigenvalue weighted by atomic mass is 10.1. The molecule has 0 fully saturated rings. The van der Waals surface area contributed by atoms with Gasteiger partial charge in [-0.25, -0.2) is 0 Å². The molecule has 0 bridgehead atoms. The first-order chi connectivity index (χ1) is 8.54. The molecular formula is C15H24N2O. The number of rotatable bonds is 6. The maximum atomic E-state index is 11.5. The SMILES string of the molecule is CCCNC(C)c1ccc(NC(=O)C(C)C)cc1. The molecule has 1 aromatic rings. The molecule has 3 heteroatoms. The van der Waals surface area contributed by atoms with Crippen LogP contribution in [0.4, 0.5) is 5.69 Å². The third-order valence-electron chi connectivity index (χ3n) is 2.90. The first kappa shape index (κ1) is 14.7. The number of nitrogens with one attached hydrogen (secondary N) is 2. The van der Waals surface area contributed by atoms with Crippen LogP contribution in [0.25, 0.3) is 0 Å². The van der Waals surface area contributed by atoms with Crippen molar-refractivity contribution < 1.29 is 4.79 Å². The second-order valence-corrected chi connectivity index (χ2v) is 4.94. The van der Waals surface area contributed by atoms with Crippen molar-refractivity contribution in [3.8, 4) is 0 Å². The Hall–Kier alpha value is -1.35. The molecule has 2 N–H and O–H groups in total. The molecule has 0 saturated carbocycles. The van der Waals surface area contributed by atoms with E-state index in [1.165, 1.54) is 5.56 Å². The zero-order valence-corrected chi connectivity index (χ0v) is 11.8. The van der Waals surface area contributed by atoms with E-state index in [9.17, 15) is 4.79 Å². The van der Waals surface area contributed by atoms with E-state index in [4.69, 9.17) is 0 Å². The Kier molecular flexibility index (Phi) is 5.86. The van der Waals surface area contributed by atoms with Crippen molar-refractivity contribution in [3.63, 3.8) is 0 Å². The van der Waals surface area contributed by atoms with Crippen molar-refractivity contribution in [2.45, 2.75) is 40.2 Å². The summed E-state index contributed by atoms with van der Waals surface area (Å²) in [6.07, 6.45) is 1.13. The van der Waals surface area contributed by atoms with Crippen LogP contribution in [0.2, 0.25) is 0 Å². The Labute approximate surface area is 110 Å². The molecule has 1 aromatic carbocycles. The van der Waals surface area contributed by atoms with Gasteiger partial charge in [-0.15, -0.1) is 0 Å². The van der Waals surface area contributed by atoms with Crippen LogP contribution >= 0.6 is 0 Å². The van der Waals surface area contributed by atoms with Crippen molar-refractivity contribution in [3.05, 3.63) is 29.8 Å². The molecule has 0 aliphatic heterocycles. The van der Waals surface area contributed by atoms with Crippen molar-refractivity contribution in [2.24, 2.45) is 5.92 Å². The van der Waals surface area contributed by atoms with Crippen molar-refractivity contribution in [1.29, 1.82) is 0 Å². The lowest BCUT2D eigenvalue weighted by Crippen LogP contribution is -2.20. The van der Waals surface area contributed by atoms with Crippen LogP contribution in [0.15, 0.2) is 24.3 Å². The van der Waals surface area contributed by atoms with Gasteiger partial charge in [-0.05, 0) is 37.6 Å².